The van der Waals surface area contributed by atoms with Crippen LogP contribution in [0.3, 0.4) is 0 Å². The van der Waals surface area contributed by atoms with E-state index in [1.54, 1.807) is 6.20 Å². The Labute approximate surface area is 140 Å². The Hall–Kier alpha value is -3.21. The first-order chi connectivity index (χ1) is 11.6. The van der Waals surface area contributed by atoms with Gasteiger partial charge in [0, 0.05) is 11.4 Å². The molecule has 0 radical (unpaired) electrons. The van der Waals surface area contributed by atoms with Crippen LogP contribution in [0, 0.1) is 13.8 Å². The van der Waals surface area contributed by atoms with Crippen LogP contribution >= 0.6 is 0 Å². The van der Waals surface area contributed by atoms with Crippen LogP contribution in [0.2, 0.25) is 0 Å². The summed E-state index contributed by atoms with van der Waals surface area (Å²) < 4.78 is 0. The smallest absolute Gasteiger partial charge is 0.275 e. The van der Waals surface area contributed by atoms with Crippen molar-refractivity contribution in [2.75, 3.05) is 10.6 Å². The average molecular weight is 318 g/mol. The highest BCUT2D eigenvalue weighted by atomic mass is 16.1. The van der Waals surface area contributed by atoms with Crippen LogP contribution in [-0.4, -0.2) is 15.9 Å². The van der Waals surface area contributed by atoms with E-state index < -0.39 is 0 Å². The first-order valence-electron chi connectivity index (χ1n) is 7.64. The maximum Gasteiger partial charge on any atom is 0.275 e. The zero-order valence-electron chi connectivity index (χ0n) is 13.6. The molecule has 0 saturated heterocycles. The van der Waals surface area contributed by atoms with Crippen LogP contribution in [0.15, 0.2) is 60.9 Å². The number of rotatable bonds is 4. The molecule has 5 heteroatoms. The average Bonchev–Trinajstić information content (AvgIpc) is 2.57. The third-order valence-corrected chi connectivity index (χ3v) is 3.57. The predicted molar refractivity (Wildman–Crippen MR) is 95.6 cm³/mol. The van der Waals surface area contributed by atoms with Crippen molar-refractivity contribution in [1.82, 2.24) is 9.97 Å². The summed E-state index contributed by atoms with van der Waals surface area (Å²) in [4.78, 5) is 20.7. The van der Waals surface area contributed by atoms with Crippen LogP contribution < -0.4 is 10.6 Å². The number of aromatic nitrogens is 2. The summed E-state index contributed by atoms with van der Waals surface area (Å²) in [6.07, 6.45) is 3.01. The summed E-state index contributed by atoms with van der Waals surface area (Å²) >= 11 is 0. The number of hydrogen-bond donors (Lipinski definition) is 2. The fraction of sp³-hybridized carbons (Fsp3) is 0.105. The number of nitrogens with one attached hydrogen (secondary N) is 2. The van der Waals surface area contributed by atoms with Crippen LogP contribution in [0.4, 0.5) is 17.2 Å². The van der Waals surface area contributed by atoms with Crippen molar-refractivity contribution in [3.05, 3.63) is 77.7 Å². The molecule has 5 nitrogen and oxygen atoms in total. The lowest BCUT2D eigenvalue weighted by Gasteiger charge is -2.08. The summed E-state index contributed by atoms with van der Waals surface area (Å²) in [5.41, 5.74) is 4.12. The minimum Gasteiger partial charge on any atom is -0.339 e. The molecule has 1 aromatic heterocycles. The normalized spacial score (nSPS) is 10.2. The Kier molecular flexibility index (Phi) is 4.52. The maximum atomic E-state index is 12.2. The molecule has 3 aromatic rings. The SMILES string of the molecule is Cc1cccc(Nc2cnc(C(=O)Nc3ccccc3C)cn2)c1. The highest BCUT2D eigenvalue weighted by Crippen LogP contribution is 2.16. The van der Waals surface area contributed by atoms with E-state index in [0.29, 0.717) is 5.82 Å². The minimum atomic E-state index is -0.279. The summed E-state index contributed by atoms with van der Waals surface area (Å²) in [6.45, 7) is 3.96. The van der Waals surface area contributed by atoms with E-state index in [0.717, 1.165) is 22.5 Å². The first kappa shape index (κ1) is 15.7. The van der Waals surface area contributed by atoms with Crippen molar-refractivity contribution < 1.29 is 4.79 Å². The summed E-state index contributed by atoms with van der Waals surface area (Å²) in [6, 6.07) is 15.6. The van der Waals surface area contributed by atoms with Gasteiger partial charge in [-0.25, -0.2) is 9.97 Å². The van der Waals surface area contributed by atoms with Gasteiger partial charge in [-0.05, 0) is 43.2 Å². The topological polar surface area (TPSA) is 66.9 Å². The second-order valence-electron chi connectivity index (χ2n) is 5.55. The van der Waals surface area contributed by atoms with Crippen LogP contribution in [-0.2, 0) is 0 Å². The summed E-state index contributed by atoms with van der Waals surface area (Å²) in [5.74, 6) is 0.312. The van der Waals surface area contributed by atoms with Crippen LogP contribution in [0.25, 0.3) is 0 Å². The molecule has 0 bridgehead atoms. The molecule has 120 valence electrons. The molecular weight excluding hydrogens is 300 g/mol. The van der Waals surface area contributed by atoms with Gasteiger partial charge in [0.1, 0.15) is 11.5 Å². The van der Waals surface area contributed by atoms with Gasteiger partial charge in [0.15, 0.2) is 0 Å². The van der Waals surface area contributed by atoms with E-state index in [-0.39, 0.29) is 11.6 Å². The Morgan fingerprint density at radius 3 is 2.50 bits per heavy atom. The molecule has 0 saturated carbocycles. The maximum absolute atomic E-state index is 12.2. The Morgan fingerprint density at radius 1 is 0.958 bits per heavy atom. The van der Waals surface area contributed by atoms with Gasteiger partial charge in [0.05, 0.1) is 12.4 Å². The molecule has 2 N–H and O–H groups in total. The fourth-order valence-corrected chi connectivity index (χ4v) is 2.28. The van der Waals surface area contributed by atoms with Crippen molar-refractivity contribution >= 4 is 23.1 Å². The molecule has 1 heterocycles. The molecule has 2 aromatic carbocycles. The van der Waals surface area contributed by atoms with Gasteiger partial charge in [-0.2, -0.15) is 0 Å². The van der Waals surface area contributed by atoms with E-state index in [4.69, 9.17) is 0 Å². The predicted octanol–water partition coefficient (Wildman–Crippen LogP) is 4.09. The van der Waals surface area contributed by atoms with Crippen molar-refractivity contribution in [3.63, 3.8) is 0 Å². The highest BCUT2D eigenvalue weighted by Gasteiger charge is 2.09. The third-order valence-electron chi connectivity index (χ3n) is 3.57. The molecule has 1 amide bonds. The lowest BCUT2D eigenvalue weighted by atomic mass is 10.2. The number of nitrogens with zero attached hydrogens (tertiary/aromatic N) is 2. The fourth-order valence-electron chi connectivity index (χ4n) is 2.28. The molecule has 0 aliphatic heterocycles. The van der Waals surface area contributed by atoms with Gasteiger partial charge >= 0.3 is 0 Å². The Morgan fingerprint density at radius 2 is 1.79 bits per heavy atom. The number of carbonyl (C=O) groups excluding carboxylic acids is 1. The van der Waals surface area contributed by atoms with E-state index in [1.807, 2.05) is 62.4 Å². The number of amides is 1. The highest BCUT2D eigenvalue weighted by molar-refractivity contribution is 6.03. The minimum absolute atomic E-state index is 0.271. The standard InChI is InChI=1S/C19H18N4O/c1-13-6-5-8-15(10-13)22-18-12-20-17(11-21-18)19(24)23-16-9-4-3-7-14(16)2/h3-12H,1-2H3,(H,21,22)(H,23,24). The van der Waals surface area contributed by atoms with E-state index in [1.165, 1.54) is 6.20 Å². The number of benzene rings is 2. The van der Waals surface area contributed by atoms with Gasteiger partial charge in [0.2, 0.25) is 0 Å². The van der Waals surface area contributed by atoms with Gasteiger partial charge in [0.25, 0.3) is 5.91 Å². The third kappa shape index (κ3) is 3.76. The summed E-state index contributed by atoms with van der Waals surface area (Å²) in [7, 11) is 0. The van der Waals surface area contributed by atoms with Crippen molar-refractivity contribution in [2.45, 2.75) is 13.8 Å². The molecular formula is C19H18N4O. The lowest BCUT2D eigenvalue weighted by Crippen LogP contribution is -2.15. The molecule has 24 heavy (non-hydrogen) atoms. The molecule has 0 fully saturated rings. The van der Waals surface area contributed by atoms with Gasteiger partial charge in [-0.15, -0.1) is 0 Å². The lowest BCUT2D eigenvalue weighted by molar-refractivity contribution is 0.102. The van der Waals surface area contributed by atoms with Crippen LogP contribution in [0.1, 0.15) is 21.6 Å². The monoisotopic (exact) mass is 318 g/mol. The Bertz CT molecular complexity index is 859. The second-order valence-corrected chi connectivity index (χ2v) is 5.55. The van der Waals surface area contributed by atoms with Crippen molar-refractivity contribution in [3.8, 4) is 0 Å². The first-order valence-corrected chi connectivity index (χ1v) is 7.64. The van der Waals surface area contributed by atoms with Gasteiger partial charge in [-0.3, -0.25) is 4.79 Å². The Balaban J connectivity index is 1.70. The number of carbonyl (C=O) groups is 1. The van der Waals surface area contributed by atoms with Crippen LogP contribution in [0.5, 0.6) is 0 Å². The number of aryl methyl sites for hydroxylation is 2. The van der Waals surface area contributed by atoms with E-state index in [2.05, 4.69) is 20.6 Å². The number of anilines is 3. The van der Waals surface area contributed by atoms with Gasteiger partial charge in [-0.1, -0.05) is 30.3 Å². The van der Waals surface area contributed by atoms with E-state index >= 15 is 0 Å². The zero-order valence-corrected chi connectivity index (χ0v) is 13.6. The quantitative estimate of drug-likeness (QED) is 0.760. The number of para-hydroxylation sites is 1. The number of hydrogen-bond acceptors (Lipinski definition) is 4. The van der Waals surface area contributed by atoms with E-state index in [9.17, 15) is 4.79 Å². The van der Waals surface area contributed by atoms with Crippen molar-refractivity contribution in [1.29, 1.82) is 0 Å². The molecule has 0 aliphatic rings. The van der Waals surface area contributed by atoms with Gasteiger partial charge < -0.3 is 10.6 Å². The zero-order chi connectivity index (χ0) is 16.9. The van der Waals surface area contributed by atoms with Crippen molar-refractivity contribution in [2.24, 2.45) is 0 Å². The molecule has 3 rings (SSSR count). The molecule has 0 unspecified atom stereocenters. The summed E-state index contributed by atoms with van der Waals surface area (Å²) in [5, 5.41) is 6.01. The largest absolute Gasteiger partial charge is 0.339 e. The molecule has 0 atom stereocenters. The second kappa shape index (κ2) is 6.91. The molecule has 0 aliphatic carbocycles. The molecule has 0 spiro atoms.